The zero-order chi connectivity index (χ0) is 10.8. The number of hydrogen-bond acceptors (Lipinski definition) is 4. The molecule has 1 aromatic rings. The second-order valence-corrected chi connectivity index (χ2v) is 3.96. The summed E-state index contributed by atoms with van der Waals surface area (Å²) in [5, 5.41) is 0. The molecule has 4 heteroatoms. The van der Waals surface area contributed by atoms with Gasteiger partial charge in [0.05, 0.1) is 13.2 Å². The Morgan fingerprint density at radius 3 is 2.75 bits per heavy atom. The molecule has 16 heavy (non-hydrogen) atoms. The SMILES string of the molecule is c1ccc(OCC2OC2OCC2CO2)cc1. The molecule has 2 fully saturated rings. The number of para-hydroxylation sites is 1. The van der Waals surface area contributed by atoms with E-state index < -0.39 is 0 Å². The van der Waals surface area contributed by atoms with Gasteiger partial charge in [-0.3, -0.25) is 0 Å². The lowest BCUT2D eigenvalue weighted by Gasteiger charge is -2.02. The van der Waals surface area contributed by atoms with E-state index in [9.17, 15) is 0 Å². The van der Waals surface area contributed by atoms with Crippen LogP contribution in [0.15, 0.2) is 30.3 Å². The van der Waals surface area contributed by atoms with E-state index in [1.54, 1.807) is 0 Å². The largest absolute Gasteiger partial charge is 0.491 e. The lowest BCUT2D eigenvalue weighted by Crippen LogP contribution is -2.11. The molecule has 3 unspecified atom stereocenters. The van der Waals surface area contributed by atoms with Crippen molar-refractivity contribution in [1.29, 1.82) is 0 Å². The van der Waals surface area contributed by atoms with Crippen molar-refractivity contribution in [2.45, 2.75) is 18.5 Å². The van der Waals surface area contributed by atoms with Crippen LogP contribution in [0.2, 0.25) is 0 Å². The van der Waals surface area contributed by atoms with Gasteiger partial charge in [0.1, 0.15) is 24.6 Å². The van der Waals surface area contributed by atoms with Crippen LogP contribution in [0.1, 0.15) is 0 Å². The summed E-state index contributed by atoms with van der Waals surface area (Å²) in [6.45, 7) is 1.99. The summed E-state index contributed by atoms with van der Waals surface area (Å²) in [4.78, 5) is 0. The normalized spacial score (nSPS) is 31.1. The third-order valence-corrected chi connectivity index (χ3v) is 2.54. The van der Waals surface area contributed by atoms with Gasteiger partial charge in [-0.15, -0.1) is 0 Å². The van der Waals surface area contributed by atoms with Crippen LogP contribution in [0.5, 0.6) is 5.75 Å². The number of ether oxygens (including phenoxy) is 4. The molecule has 0 aromatic heterocycles. The van der Waals surface area contributed by atoms with E-state index in [1.165, 1.54) is 0 Å². The van der Waals surface area contributed by atoms with Gasteiger partial charge >= 0.3 is 0 Å². The van der Waals surface area contributed by atoms with Gasteiger partial charge in [-0.25, -0.2) is 0 Å². The van der Waals surface area contributed by atoms with Gasteiger partial charge in [-0.1, -0.05) is 18.2 Å². The molecule has 2 aliphatic heterocycles. The standard InChI is InChI=1S/C12H14O4/c1-2-4-9(5-3-1)14-8-11-12(16-11)15-7-10-6-13-10/h1-5,10-12H,6-8H2. The Kier molecular flexibility index (Phi) is 2.78. The highest BCUT2D eigenvalue weighted by Crippen LogP contribution is 2.25. The Hall–Kier alpha value is -1.10. The first-order chi connectivity index (χ1) is 7.92. The van der Waals surface area contributed by atoms with Gasteiger partial charge in [0.2, 0.25) is 0 Å². The molecule has 86 valence electrons. The maximum absolute atomic E-state index is 5.55. The Morgan fingerprint density at radius 1 is 1.19 bits per heavy atom. The maximum Gasteiger partial charge on any atom is 0.188 e. The van der Waals surface area contributed by atoms with E-state index >= 15 is 0 Å². The molecule has 3 atom stereocenters. The molecule has 4 nitrogen and oxygen atoms in total. The molecule has 0 radical (unpaired) electrons. The van der Waals surface area contributed by atoms with E-state index in [2.05, 4.69) is 0 Å². The van der Waals surface area contributed by atoms with Crippen LogP contribution in [0.3, 0.4) is 0 Å². The zero-order valence-electron chi connectivity index (χ0n) is 8.87. The Morgan fingerprint density at radius 2 is 2.00 bits per heavy atom. The lowest BCUT2D eigenvalue weighted by molar-refractivity contribution is 0.0405. The molecule has 0 spiro atoms. The highest BCUT2D eigenvalue weighted by Gasteiger charge is 2.42. The second kappa shape index (κ2) is 4.41. The molecule has 2 saturated heterocycles. The minimum atomic E-state index is -0.104. The molecule has 2 heterocycles. The summed E-state index contributed by atoms with van der Waals surface area (Å²) in [6, 6.07) is 9.71. The lowest BCUT2D eigenvalue weighted by atomic mass is 10.3. The van der Waals surface area contributed by atoms with E-state index in [0.29, 0.717) is 19.3 Å². The summed E-state index contributed by atoms with van der Waals surface area (Å²) in [7, 11) is 0. The van der Waals surface area contributed by atoms with E-state index in [0.717, 1.165) is 12.4 Å². The van der Waals surface area contributed by atoms with Crippen molar-refractivity contribution in [1.82, 2.24) is 0 Å². The molecular formula is C12H14O4. The number of hydrogen-bond donors (Lipinski definition) is 0. The molecule has 2 aliphatic rings. The molecule has 0 N–H and O–H groups in total. The smallest absolute Gasteiger partial charge is 0.188 e. The van der Waals surface area contributed by atoms with Crippen molar-refractivity contribution in [3.05, 3.63) is 30.3 Å². The maximum atomic E-state index is 5.55. The topological polar surface area (TPSA) is 43.5 Å². The van der Waals surface area contributed by atoms with Gasteiger partial charge in [0, 0.05) is 0 Å². The third-order valence-electron chi connectivity index (χ3n) is 2.54. The summed E-state index contributed by atoms with van der Waals surface area (Å²) in [5.41, 5.74) is 0. The van der Waals surface area contributed by atoms with Gasteiger partial charge in [0.15, 0.2) is 6.29 Å². The third kappa shape index (κ3) is 2.72. The minimum absolute atomic E-state index is 0.0685. The predicted molar refractivity (Wildman–Crippen MR) is 56.3 cm³/mol. The fraction of sp³-hybridized carbons (Fsp3) is 0.500. The van der Waals surface area contributed by atoms with Gasteiger partial charge < -0.3 is 18.9 Å². The van der Waals surface area contributed by atoms with E-state index in [-0.39, 0.29) is 12.4 Å². The van der Waals surface area contributed by atoms with Crippen LogP contribution < -0.4 is 4.74 Å². The molecule has 0 saturated carbocycles. The molecule has 1 aromatic carbocycles. The van der Waals surface area contributed by atoms with Crippen LogP contribution >= 0.6 is 0 Å². The monoisotopic (exact) mass is 222 g/mol. The fourth-order valence-electron chi connectivity index (χ4n) is 1.45. The van der Waals surface area contributed by atoms with E-state index in [1.807, 2.05) is 30.3 Å². The Balaban J connectivity index is 1.34. The molecule has 0 aliphatic carbocycles. The highest BCUT2D eigenvalue weighted by atomic mass is 16.8. The van der Waals surface area contributed by atoms with Gasteiger partial charge in [-0.2, -0.15) is 0 Å². The molecular weight excluding hydrogens is 208 g/mol. The first-order valence-electron chi connectivity index (χ1n) is 5.48. The molecule has 0 amide bonds. The summed E-state index contributed by atoms with van der Waals surface area (Å²) >= 11 is 0. The van der Waals surface area contributed by atoms with Crippen LogP contribution in [-0.2, 0) is 14.2 Å². The van der Waals surface area contributed by atoms with Crippen LogP contribution in [0.4, 0.5) is 0 Å². The Labute approximate surface area is 94.1 Å². The van der Waals surface area contributed by atoms with Crippen molar-refractivity contribution in [3.8, 4) is 5.75 Å². The van der Waals surface area contributed by atoms with Crippen molar-refractivity contribution in [2.75, 3.05) is 19.8 Å². The number of rotatable bonds is 6. The average Bonchev–Trinajstić information content (AvgIpc) is 3.21. The summed E-state index contributed by atoms with van der Waals surface area (Å²) < 4.78 is 21.4. The number of epoxide rings is 2. The van der Waals surface area contributed by atoms with Gasteiger partial charge in [0.25, 0.3) is 0 Å². The first kappa shape index (κ1) is 10.1. The van der Waals surface area contributed by atoms with Crippen molar-refractivity contribution < 1.29 is 18.9 Å². The van der Waals surface area contributed by atoms with Crippen LogP contribution in [0, 0.1) is 0 Å². The Bertz CT molecular complexity index is 336. The molecule has 3 rings (SSSR count). The second-order valence-electron chi connectivity index (χ2n) is 3.96. The highest BCUT2D eigenvalue weighted by molar-refractivity contribution is 5.21. The summed E-state index contributed by atoms with van der Waals surface area (Å²) in [6.07, 6.45) is 0.256. The van der Waals surface area contributed by atoms with E-state index in [4.69, 9.17) is 18.9 Å². The van der Waals surface area contributed by atoms with Crippen LogP contribution in [0.25, 0.3) is 0 Å². The average molecular weight is 222 g/mol. The fourth-order valence-corrected chi connectivity index (χ4v) is 1.45. The quantitative estimate of drug-likeness (QED) is 0.678. The predicted octanol–water partition coefficient (Wildman–Crippen LogP) is 1.21. The first-order valence-corrected chi connectivity index (χ1v) is 5.48. The molecule has 0 bridgehead atoms. The minimum Gasteiger partial charge on any atom is -0.491 e. The number of benzene rings is 1. The van der Waals surface area contributed by atoms with Crippen molar-refractivity contribution in [2.24, 2.45) is 0 Å². The van der Waals surface area contributed by atoms with Crippen LogP contribution in [-0.4, -0.2) is 38.3 Å². The van der Waals surface area contributed by atoms with Gasteiger partial charge in [-0.05, 0) is 12.1 Å². The summed E-state index contributed by atoms with van der Waals surface area (Å²) in [5.74, 6) is 0.863. The van der Waals surface area contributed by atoms with Crippen molar-refractivity contribution in [3.63, 3.8) is 0 Å². The van der Waals surface area contributed by atoms with Crippen molar-refractivity contribution >= 4 is 0 Å². The zero-order valence-corrected chi connectivity index (χ0v) is 8.87.